The highest BCUT2D eigenvalue weighted by Gasteiger charge is 2.04. The van der Waals surface area contributed by atoms with Gasteiger partial charge in [0.05, 0.1) is 10.7 Å². The normalized spacial score (nSPS) is 10.7. The van der Waals surface area contributed by atoms with Gasteiger partial charge >= 0.3 is 0 Å². The van der Waals surface area contributed by atoms with Crippen LogP contribution in [0, 0.1) is 0 Å². The third-order valence-corrected chi connectivity index (χ3v) is 3.20. The van der Waals surface area contributed by atoms with Crippen molar-refractivity contribution in [1.82, 2.24) is 9.97 Å². The Morgan fingerprint density at radius 2 is 2.33 bits per heavy atom. The number of aryl methyl sites for hydroxylation is 1. The number of aromatic amines is 1. The lowest BCUT2D eigenvalue weighted by molar-refractivity contribution is 0.742. The molecule has 0 aliphatic rings. The van der Waals surface area contributed by atoms with E-state index in [-0.39, 0.29) is 0 Å². The topological polar surface area (TPSA) is 54.7 Å². The first-order valence-electron chi connectivity index (χ1n) is 5.18. The SMILES string of the molecule is NCCCCc1nc(-c2cc[nH]c2)cs1. The zero-order valence-corrected chi connectivity index (χ0v) is 9.39. The minimum atomic E-state index is 0.774. The second kappa shape index (κ2) is 5.09. The molecule has 0 unspecified atom stereocenters. The fourth-order valence-corrected chi connectivity index (χ4v) is 2.31. The third-order valence-electron chi connectivity index (χ3n) is 2.29. The molecule has 0 aromatic carbocycles. The van der Waals surface area contributed by atoms with E-state index in [9.17, 15) is 0 Å². The number of aromatic nitrogens is 2. The molecule has 0 saturated carbocycles. The second-order valence-corrected chi connectivity index (χ2v) is 4.41. The maximum Gasteiger partial charge on any atom is 0.0932 e. The van der Waals surface area contributed by atoms with Crippen LogP contribution in [0.5, 0.6) is 0 Å². The standard InChI is InChI=1S/C11H15N3S/c12-5-2-1-3-11-14-10(8-15-11)9-4-6-13-7-9/h4,6-8,13H,1-3,5,12H2. The van der Waals surface area contributed by atoms with E-state index >= 15 is 0 Å². The van der Waals surface area contributed by atoms with E-state index in [1.165, 1.54) is 5.01 Å². The summed E-state index contributed by atoms with van der Waals surface area (Å²) in [5.41, 5.74) is 7.69. The van der Waals surface area contributed by atoms with Crippen LogP contribution in [0.25, 0.3) is 11.3 Å². The summed E-state index contributed by atoms with van der Waals surface area (Å²) in [6.07, 6.45) is 7.16. The first-order valence-corrected chi connectivity index (χ1v) is 6.06. The van der Waals surface area contributed by atoms with Gasteiger partial charge in [-0.2, -0.15) is 0 Å². The molecule has 0 aliphatic heterocycles. The van der Waals surface area contributed by atoms with Crippen molar-refractivity contribution in [2.75, 3.05) is 6.54 Å². The third kappa shape index (κ3) is 2.67. The smallest absolute Gasteiger partial charge is 0.0932 e. The van der Waals surface area contributed by atoms with Gasteiger partial charge in [0.2, 0.25) is 0 Å². The zero-order valence-electron chi connectivity index (χ0n) is 8.57. The summed E-state index contributed by atoms with van der Waals surface area (Å²) < 4.78 is 0. The minimum absolute atomic E-state index is 0.774. The van der Waals surface area contributed by atoms with Crippen molar-refractivity contribution in [1.29, 1.82) is 0 Å². The summed E-state index contributed by atoms with van der Waals surface area (Å²) in [4.78, 5) is 7.62. The number of rotatable bonds is 5. The Balaban J connectivity index is 1.98. The van der Waals surface area contributed by atoms with Gasteiger partial charge in [0, 0.05) is 23.3 Å². The molecule has 0 radical (unpaired) electrons. The van der Waals surface area contributed by atoms with Crippen LogP contribution < -0.4 is 5.73 Å². The predicted molar refractivity (Wildman–Crippen MR) is 63.9 cm³/mol. The molecule has 0 amide bonds. The van der Waals surface area contributed by atoms with E-state index < -0.39 is 0 Å². The molecule has 0 fully saturated rings. The monoisotopic (exact) mass is 221 g/mol. The molecule has 4 heteroatoms. The van der Waals surface area contributed by atoms with E-state index in [0.29, 0.717) is 0 Å². The van der Waals surface area contributed by atoms with Crippen LogP contribution in [0.15, 0.2) is 23.8 Å². The van der Waals surface area contributed by atoms with Gasteiger partial charge in [-0.3, -0.25) is 0 Å². The van der Waals surface area contributed by atoms with Crippen molar-refractivity contribution in [3.63, 3.8) is 0 Å². The van der Waals surface area contributed by atoms with Crippen molar-refractivity contribution in [2.24, 2.45) is 5.73 Å². The molecule has 0 bridgehead atoms. The lowest BCUT2D eigenvalue weighted by Crippen LogP contribution is -1.98. The Bertz CT molecular complexity index is 392. The highest BCUT2D eigenvalue weighted by molar-refractivity contribution is 7.09. The van der Waals surface area contributed by atoms with Crippen LogP contribution in [0.1, 0.15) is 17.8 Å². The minimum Gasteiger partial charge on any atom is -0.367 e. The maximum atomic E-state index is 5.45. The maximum absolute atomic E-state index is 5.45. The van der Waals surface area contributed by atoms with Gasteiger partial charge < -0.3 is 10.7 Å². The molecular weight excluding hydrogens is 206 g/mol. The molecule has 0 saturated heterocycles. The Morgan fingerprint density at radius 1 is 1.40 bits per heavy atom. The fraction of sp³-hybridized carbons (Fsp3) is 0.364. The van der Waals surface area contributed by atoms with Gasteiger partial charge in [-0.05, 0) is 31.9 Å². The molecule has 2 aromatic heterocycles. The predicted octanol–water partition coefficient (Wildman–Crippen LogP) is 2.42. The summed E-state index contributed by atoms with van der Waals surface area (Å²) in [6, 6.07) is 2.04. The van der Waals surface area contributed by atoms with Gasteiger partial charge in [0.15, 0.2) is 0 Å². The lowest BCUT2D eigenvalue weighted by Gasteiger charge is -1.94. The number of hydrogen-bond acceptors (Lipinski definition) is 3. The van der Waals surface area contributed by atoms with Crippen LogP contribution >= 0.6 is 11.3 Å². The number of nitrogens with zero attached hydrogens (tertiary/aromatic N) is 1. The van der Waals surface area contributed by atoms with Gasteiger partial charge in [0.1, 0.15) is 0 Å². The van der Waals surface area contributed by atoms with Gasteiger partial charge in [-0.1, -0.05) is 0 Å². The van der Waals surface area contributed by atoms with E-state index in [1.54, 1.807) is 11.3 Å². The first-order chi connectivity index (χ1) is 7.40. The van der Waals surface area contributed by atoms with Gasteiger partial charge in [0.25, 0.3) is 0 Å². The molecule has 3 nitrogen and oxygen atoms in total. The van der Waals surface area contributed by atoms with Crippen LogP contribution in [0.3, 0.4) is 0 Å². The molecule has 0 spiro atoms. The van der Waals surface area contributed by atoms with E-state index in [0.717, 1.165) is 37.1 Å². The van der Waals surface area contributed by atoms with Crippen LogP contribution in [0.4, 0.5) is 0 Å². The highest BCUT2D eigenvalue weighted by Crippen LogP contribution is 2.22. The molecule has 2 aromatic rings. The highest BCUT2D eigenvalue weighted by atomic mass is 32.1. The van der Waals surface area contributed by atoms with Gasteiger partial charge in [-0.15, -0.1) is 11.3 Å². The van der Waals surface area contributed by atoms with E-state index in [4.69, 9.17) is 5.73 Å². The quantitative estimate of drug-likeness (QED) is 0.762. The van der Waals surface area contributed by atoms with Crippen LogP contribution in [-0.4, -0.2) is 16.5 Å². The van der Waals surface area contributed by atoms with Crippen LogP contribution in [0.2, 0.25) is 0 Å². The second-order valence-electron chi connectivity index (χ2n) is 3.47. The Hall–Kier alpha value is -1.13. The zero-order chi connectivity index (χ0) is 10.5. The molecule has 0 atom stereocenters. The number of H-pyrrole nitrogens is 1. The number of nitrogens with one attached hydrogen (secondary N) is 1. The van der Waals surface area contributed by atoms with E-state index in [2.05, 4.69) is 15.3 Å². The lowest BCUT2D eigenvalue weighted by atomic mass is 10.2. The average molecular weight is 221 g/mol. The van der Waals surface area contributed by atoms with E-state index in [1.807, 2.05) is 18.5 Å². The first kappa shape index (κ1) is 10.4. The van der Waals surface area contributed by atoms with Crippen molar-refractivity contribution in [2.45, 2.75) is 19.3 Å². The van der Waals surface area contributed by atoms with Crippen molar-refractivity contribution >= 4 is 11.3 Å². The number of nitrogens with two attached hydrogens (primary N) is 1. The Morgan fingerprint density at radius 3 is 3.07 bits per heavy atom. The molecule has 3 N–H and O–H groups in total. The van der Waals surface area contributed by atoms with Crippen molar-refractivity contribution in [3.8, 4) is 11.3 Å². The molecule has 0 aliphatic carbocycles. The largest absolute Gasteiger partial charge is 0.367 e. The van der Waals surface area contributed by atoms with Crippen molar-refractivity contribution in [3.05, 3.63) is 28.8 Å². The summed E-state index contributed by atoms with van der Waals surface area (Å²) >= 11 is 1.73. The Labute approximate surface area is 93.4 Å². The summed E-state index contributed by atoms with van der Waals surface area (Å²) in [7, 11) is 0. The van der Waals surface area contributed by atoms with Crippen LogP contribution in [-0.2, 0) is 6.42 Å². The van der Waals surface area contributed by atoms with Crippen molar-refractivity contribution < 1.29 is 0 Å². The number of thiazole rings is 1. The fourth-order valence-electron chi connectivity index (χ4n) is 1.46. The summed E-state index contributed by atoms with van der Waals surface area (Å²) in [5.74, 6) is 0. The molecular formula is C11H15N3S. The summed E-state index contributed by atoms with van der Waals surface area (Å²) in [6.45, 7) is 0.774. The molecule has 80 valence electrons. The average Bonchev–Trinajstić information content (AvgIpc) is 2.87. The molecule has 2 rings (SSSR count). The number of hydrogen-bond donors (Lipinski definition) is 2. The Kier molecular flexibility index (Phi) is 3.53. The number of unbranched alkanes of at least 4 members (excludes halogenated alkanes) is 1. The van der Waals surface area contributed by atoms with Gasteiger partial charge in [-0.25, -0.2) is 4.98 Å². The molecule has 2 heterocycles. The molecule has 15 heavy (non-hydrogen) atoms. The summed E-state index contributed by atoms with van der Waals surface area (Å²) in [5, 5.41) is 3.32.